The number of amides is 2. The van der Waals surface area contributed by atoms with Crippen LogP contribution < -0.4 is 10.9 Å². The van der Waals surface area contributed by atoms with Crippen LogP contribution in [0.1, 0.15) is 39.4 Å². The molecule has 9 nitrogen and oxygen atoms in total. The number of hydrogen-bond donors (Lipinski definition) is 2. The van der Waals surface area contributed by atoms with Gasteiger partial charge >= 0.3 is 0 Å². The molecule has 0 bridgehead atoms. The van der Waals surface area contributed by atoms with Crippen molar-refractivity contribution in [1.29, 1.82) is 0 Å². The number of likely N-dealkylation sites (tertiary alicyclic amines) is 2. The van der Waals surface area contributed by atoms with Gasteiger partial charge in [0.25, 0.3) is 17.4 Å². The van der Waals surface area contributed by atoms with Gasteiger partial charge in [-0.25, -0.2) is 18.2 Å². The van der Waals surface area contributed by atoms with Gasteiger partial charge in [0, 0.05) is 45.3 Å². The van der Waals surface area contributed by atoms with E-state index in [0.717, 1.165) is 36.4 Å². The highest BCUT2D eigenvalue weighted by atomic mass is 19.1. The molecule has 2 aliphatic heterocycles. The first-order chi connectivity index (χ1) is 22.1. The molecular formula is C34H32F3N5O4. The zero-order valence-electron chi connectivity index (χ0n) is 24.8. The van der Waals surface area contributed by atoms with Crippen molar-refractivity contribution in [2.45, 2.75) is 19.4 Å². The normalized spacial score (nSPS) is 17.7. The summed E-state index contributed by atoms with van der Waals surface area (Å²) in [5.74, 6) is -4.00. The Hall–Kier alpha value is -4.97. The van der Waals surface area contributed by atoms with E-state index in [1.165, 1.54) is 24.3 Å². The van der Waals surface area contributed by atoms with Crippen molar-refractivity contribution < 1.29 is 28.0 Å². The fourth-order valence-electron chi connectivity index (χ4n) is 6.69. The molecular weight excluding hydrogens is 599 g/mol. The Morgan fingerprint density at radius 1 is 0.891 bits per heavy atom. The van der Waals surface area contributed by atoms with Gasteiger partial charge in [-0.05, 0) is 60.1 Å². The highest BCUT2D eigenvalue weighted by Crippen LogP contribution is 2.45. The monoisotopic (exact) mass is 631 g/mol. The minimum Gasteiger partial charge on any atom is -0.425 e. The summed E-state index contributed by atoms with van der Waals surface area (Å²) in [6.07, 6.45) is 1.25. The second-order valence-corrected chi connectivity index (χ2v) is 11.9. The second-order valence-electron chi connectivity index (χ2n) is 11.9. The van der Waals surface area contributed by atoms with Crippen LogP contribution >= 0.6 is 0 Å². The minimum absolute atomic E-state index is 0.0194. The quantitative estimate of drug-likeness (QED) is 0.294. The number of carbonyl (C=O) groups excluding carboxylic acids is 2. The van der Waals surface area contributed by atoms with Crippen molar-refractivity contribution in [2.24, 2.45) is 11.3 Å². The largest absolute Gasteiger partial charge is 0.425 e. The summed E-state index contributed by atoms with van der Waals surface area (Å²) in [4.78, 5) is 46.3. The molecule has 2 fully saturated rings. The Balaban J connectivity index is 1.19. The van der Waals surface area contributed by atoms with Gasteiger partial charge in [-0.2, -0.15) is 0 Å². The average Bonchev–Trinajstić information content (AvgIpc) is 3.37. The Morgan fingerprint density at radius 3 is 2.30 bits per heavy atom. The number of nitrogens with one attached hydrogen (secondary N) is 1. The first kappa shape index (κ1) is 31.0. The fourth-order valence-corrected chi connectivity index (χ4v) is 6.69. The number of hydrogen-bond acceptors (Lipinski definition) is 6. The summed E-state index contributed by atoms with van der Waals surface area (Å²) in [6.45, 7) is 3.14. The van der Waals surface area contributed by atoms with Gasteiger partial charge in [-0.15, -0.1) is 4.73 Å². The Kier molecular flexibility index (Phi) is 8.63. The number of aromatic nitrogens is 2. The van der Waals surface area contributed by atoms with Crippen LogP contribution in [0.3, 0.4) is 0 Å². The molecule has 4 aromatic rings. The van der Waals surface area contributed by atoms with Crippen molar-refractivity contribution in [3.05, 3.63) is 124 Å². The van der Waals surface area contributed by atoms with Crippen LogP contribution in [0, 0.1) is 28.8 Å². The van der Waals surface area contributed by atoms with Gasteiger partial charge in [-0.1, -0.05) is 42.5 Å². The average molecular weight is 632 g/mol. The maximum atomic E-state index is 14.6. The summed E-state index contributed by atoms with van der Waals surface area (Å²) in [7, 11) is 0. The number of rotatable bonds is 7. The van der Waals surface area contributed by atoms with Crippen LogP contribution in [0.2, 0.25) is 0 Å². The van der Waals surface area contributed by atoms with E-state index in [9.17, 15) is 32.8 Å². The van der Waals surface area contributed by atoms with E-state index >= 15 is 0 Å². The van der Waals surface area contributed by atoms with Crippen molar-refractivity contribution in [2.75, 3.05) is 32.7 Å². The summed E-state index contributed by atoms with van der Waals surface area (Å²) in [5, 5.41) is 13.0. The maximum absolute atomic E-state index is 14.6. The Morgan fingerprint density at radius 2 is 1.59 bits per heavy atom. The van der Waals surface area contributed by atoms with Gasteiger partial charge in [0.05, 0.1) is 5.56 Å². The molecule has 2 aromatic carbocycles. The summed E-state index contributed by atoms with van der Waals surface area (Å²) >= 11 is 0. The van der Waals surface area contributed by atoms with Crippen molar-refractivity contribution in [1.82, 2.24) is 24.8 Å². The molecule has 238 valence electrons. The molecule has 4 heterocycles. The van der Waals surface area contributed by atoms with E-state index in [1.807, 2.05) is 30.3 Å². The standard InChI is InChI=1S/C34H32F3N5O4/c35-24-8-4-9-25(36)30(24)31-26(37)12-13-27(39-31)32(44)38-18-23-20-40(19-22-6-2-1-3-7-22)21-34(23)14-16-41(17-15-34)33(45)28-10-5-11-29(43)42(28)46/h1-13,23,46H,14-21H2,(H,38,44). The summed E-state index contributed by atoms with van der Waals surface area (Å²) < 4.78 is 43.8. The van der Waals surface area contributed by atoms with Crippen LogP contribution in [-0.2, 0) is 6.54 Å². The molecule has 46 heavy (non-hydrogen) atoms. The number of piperidine rings is 1. The van der Waals surface area contributed by atoms with Crippen LogP contribution in [0.25, 0.3) is 11.3 Å². The summed E-state index contributed by atoms with van der Waals surface area (Å²) in [6, 6.07) is 19.3. The van der Waals surface area contributed by atoms with Crippen molar-refractivity contribution >= 4 is 11.8 Å². The van der Waals surface area contributed by atoms with E-state index in [-0.39, 0.29) is 29.3 Å². The molecule has 0 aliphatic carbocycles. The molecule has 2 amide bonds. The summed E-state index contributed by atoms with van der Waals surface area (Å²) in [5.41, 5.74) is -1.31. The van der Waals surface area contributed by atoms with Gasteiger partial charge in [0.15, 0.2) is 0 Å². The maximum Gasteiger partial charge on any atom is 0.283 e. The third-order valence-electron chi connectivity index (χ3n) is 9.11. The van der Waals surface area contributed by atoms with Crippen molar-refractivity contribution in [3.8, 4) is 11.3 Å². The lowest BCUT2D eigenvalue weighted by molar-refractivity contribution is 0.0456. The van der Waals surface area contributed by atoms with Gasteiger partial charge in [0.1, 0.15) is 34.5 Å². The molecule has 0 radical (unpaired) electrons. The number of nitrogens with zero attached hydrogens (tertiary/aromatic N) is 4. The first-order valence-corrected chi connectivity index (χ1v) is 15.0. The highest BCUT2D eigenvalue weighted by molar-refractivity contribution is 5.93. The SMILES string of the molecule is O=C(NCC1CN(Cc2ccccc2)CC12CCN(C(=O)c1cccc(=O)n1O)CC2)c1ccc(F)c(-c2c(F)cccc2F)n1. The molecule has 1 unspecified atom stereocenters. The zero-order valence-corrected chi connectivity index (χ0v) is 24.8. The molecule has 2 aromatic heterocycles. The predicted octanol–water partition coefficient (Wildman–Crippen LogP) is 4.35. The minimum atomic E-state index is -0.991. The molecule has 6 rings (SSSR count). The van der Waals surface area contributed by atoms with Gasteiger partial charge < -0.3 is 15.4 Å². The smallest absolute Gasteiger partial charge is 0.283 e. The first-order valence-electron chi connectivity index (χ1n) is 15.0. The molecule has 1 atom stereocenters. The number of halogens is 3. The van der Waals surface area contributed by atoms with Crippen LogP contribution in [0.15, 0.2) is 83.7 Å². The lowest BCUT2D eigenvalue weighted by Gasteiger charge is -2.43. The number of pyridine rings is 2. The van der Waals surface area contributed by atoms with E-state index in [0.29, 0.717) is 43.8 Å². The molecule has 0 saturated carbocycles. The van der Waals surface area contributed by atoms with Crippen LogP contribution in [0.5, 0.6) is 0 Å². The Bertz CT molecular complexity index is 1810. The second kappa shape index (κ2) is 12.8. The topological polar surface area (TPSA) is 108 Å². The van der Waals surface area contributed by atoms with Gasteiger partial charge in [0.2, 0.25) is 0 Å². The molecule has 1 spiro atoms. The molecule has 2 saturated heterocycles. The number of benzene rings is 2. The lowest BCUT2D eigenvalue weighted by atomic mass is 9.70. The van der Waals surface area contributed by atoms with Crippen molar-refractivity contribution in [3.63, 3.8) is 0 Å². The highest BCUT2D eigenvalue weighted by Gasteiger charge is 2.48. The van der Waals surface area contributed by atoms with E-state index in [1.54, 1.807) is 4.90 Å². The lowest BCUT2D eigenvalue weighted by Crippen LogP contribution is -2.49. The molecule has 2 aliphatic rings. The fraction of sp³-hybridized carbons (Fsp3) is 0.294. The van der Waals surface area contributed by atoms with E-state index < -0.39 is 46.1 Å². The molecule has 12 heteroatoms. The van der Waals surface area contributed by atoms with E-state index in [2.05, 4.69) is 15.2 Å². The van der Waals surface area contributed by atoms with Crippen LogP contribution in [-0.4, -0.2) is 69.3 Å². The number of carbonyl (C=O) groups is 2. The Labute approximate surface area is 262 Å². The van der Waals surface area contributed by atoms with Gasteiger partial charge in [-0.3, -0.25) is 19.3 Å². The third-order valence-corrected chi connectivity index (χ3v) is 9.11. The van der Waals surface area contributed by atoms with Crippen LogP contribution in [0.4, 0.5) is 13.2 Å². The third kappa shape index (κ3) is 6.12. The zero-order chi connectivity index (χ0) is 32.4. The predicted molar refractivity (Wildman–Crippen MR) is 163 cm³/mol. The van der Waals surface area contributed by atoms with E-state index in [4.69, 9.17) is 0 Å². The molecule has 2 N–H and O–H groups in total.